The van der Waals surface area contributed by atoms with Crippen LogP contribution in [-0.2, 0) is 6.42 Å². The first-order valence-electron chi connectivity index (χ1n) is 12.4. The van der Waals surface area contributed by atoms with Gasteiger partial charge in [0.1, 0.15) is 0 Å². The Morgan fingerprint density at radius 2 is 1.66 bits per heavy atom. The lowest BCUT2D eigenvalue weighted by molar-refractivity contribution is 0.565. The van der Waals surface area contributed by atoms with Gasteiger partial charge in [-0.2, -0.15) is 0 Å². The molecule has 0 saturated heterocycles. The highest BCUT2D eigenvalue weighted by molar-refractivity contribution is 5.67. The third-order valence-electron chi connectivity index (χ3n) is 8.09. The van der Waals surface area contributed by atoms with E-state index in [-0.39, 0.29) is 0 Å². The number of nitrogens with zero attached hydrogens (tertiary/aromatic N) is 1. The molecule has 160 valence electrons. The van der Waals surface area contributed by atoms with Gasteiger partial charge in [0.2, 0.25) is 0 Å². The number of hydrogen-bond donors (Lipinski definition) is 1. The predicted molar refractivity (Wildman–Crippen MR) is 133 cm³/mol. The largest absolute Gasteiger partial charge is 0.381 e. The Morgan fingerprint density at radius 1 is 0.812 bits per heavy atom. The average molecular weight is 419 g/mol. The second-order valence-electron chi connectivity index (χ2n) is 9.87. The van der Waals surface area contributed by atoms with E-state index in [9.17, 15) is 0 Å². The van der Waals surface area contributed by atoms with Crippen LogP contribution >= 0.6 is 0 Å². The maximum absolute atomic E-state index is 3.77. The van der Waals surface area contributed by atoms with Crippen molar-refractivity contribution < 1.29 is 0 Å². The fourth-order valence-electron chi connectivity index (χ4n) is 6.58. The molecule has 0 bridgehead atoms. The maximum Gasteiger partial charge on any atom is 0.0557 e. The van der Waals surface area contributed by atoms with Gasteiger partial charge in [0.05, 0.1) is 12.1 Å². The van der Waals surface area contributed by atoms with Crippen LogP contribution in [0, 0.1) is 5.92 Å². The van der Waals surface area contributed by atoms with Crippen molar-refractivity contribution in [2.45, 2.75) is 57.0 Å². The Balaban J connectivity index is 1.31. The molecule has 2 nitrogen and oxygen atoms in total. The fourth-order valence-corrected chi connectivity index (χ4v) is 6.58. The predicted octanol–water partition coefficient (Wildman–Crippen LogP) is 4.92. The number of hydrogen-bond acceptors (Lipinski definition) is 1. The van der Waals surface area contributed by atoms with Gasteiger partial charge < -0.3 is 9.88 Å². The smallest absolute Gasteiger partial charge is 0.0557 e. The van der Waals surface area contributed by atoms with Gasteiger partial charge in [-0.25, -0.2) is 0 Å². The van der Waals surface area contributed by atoms with Gasteiger partial charge in [0.15, 0.2) is 0 Å². The van der Waals surface area contributed by atoms with Crippen LogP contribution in [0.15, 0.2) is 77.1 Å². The van der Waals surface area contributed by atoms with Crippen molar-refractivity contribution in [3.05, 3.63) is 98.9 Å². The lowest BCUT2D eigenvalue weighted by atomic mass is 9.82. The summed E-state index contributed by atoms with van der Waals surface area (Å²) in [4.78, 5) is 0. The Bertz CT molecular complexity index is 1330. The second-order valence-corrected chi connectivity index (χ2v) is 9.87. The minimum absolute atomic E-state index is 0.455. The lowest BCUT2D eigenvalue weighted by Crippen LogP contribution is -2.33. The molecule has 0 amide bonds. The minimum Gasteiger partial charge on any atom is -0.381 e. The monoisotopic (exact) mass is 418 g/mol. The van der Waals surface area contributed by atoms with E-state index in [2.05, 4.69) is 82.8 Å². The van der Waals surface area contributed by atoms with Crippen LogP contribution in [0.2, 0.25) is 0 Å². The highest BCUT2D eigenvalue weighted by Gasteiger charge is 2.33. The van der Waals surface area contributed by atoms with Gasteiger partial charge in [-0.1, -0.05) is 66.8 Å². The Kier molecular flexibility index (Phi) is 4.21. The summed E-state index contributed by atoms with van der Waals surface area (Å²) in [7, 11) is 0. The Morgan fingerprint density at radius 3 is 2.59 bits per heavy atom. The van der Waals surface area contributed by atoms with E-state index in [0.29, 0.717) is 18.0 Å². The van der Waals surface area contributed by atoms with Gasteiger partial charge in [0, 0.05) is 33.4 Å². The zero-order valence-electron chi connectivity index (χ0n) is 18.6. The van der Waals surface area contributed by atoms with Crippen molar-refractivity contribution in [3.8, 4) is 0 Å². The van der Waals surface area contributed by atoms with E-state index < -0.39 is 0 Å². The van der Waals surface area contributed by atoms with E-state index in [1.807, 2.05) is 0 Å². The highest BCUT2D eigenvalue weighted by atomic mass is 15.0. The number of allylic oxidation sites excluding steroid dienone is 10. The molecular formula is C30H30N2. The van der Waals surface area contributed by atoms with Crippen molar-refractivity contribution in [2.24, 2.45) is 5.92 Å². The summed E-state index contributed by atoms with van der Waals surface area (Å²) in [6.07, 6.45) is 36.3. The minimum atomic E-state index is 0.455. The molecule has 2 heterocycles. The third-order valence-corrected chi connectivity index (χ3v) is 8.09. The van der Waals surface area contributed by atoms with Crippen molar-refractivity contribution in [1.29, 1.82) is 0 Å². The van der Waals surface area contributed by atoms with E-state index in [4.69, 9.17) is 0 Å². The molecule has 0 fully saturated rings. The maximum atomic E-state index is 3.77. The Labute approximate surface area is 190 Å². The summed E-state index contributed by atoms with van der Waals surface area (Å²) in [6.45, 7) is 0. The molecule has 0 radical (unpaired) electrons. The molecule has 1 N–H and O–H groups in total. The van der Waals surface area contributed by atoms with Crippen LogP contribution in [0.25, 0.3) is 18.2 Å². The van der Waals surface area contributed by atoms with Crippen molar-refractivity contribution >= 4 is 18.2 Å². The third kappa shape index (κ3) is 2.78. The topological polar surface area (TPSA) is 17.0 Å². The van der Waals surface area contributed by atoms with Crippen LogP contribution in [0.5, 0.6) is 0 Å². The van der Waals surface area contributed by atoms with Crippen molar-refractivity contribution in [1.82, 2.24) is 9.88 Å². The zero-order chi connectivity index (χ0) is 21.1. The molecule has 5 aliphatic carbocycles. The molecule has 1 aromatic heterocycles. The quantitative estimate of drug-likeness (QED) is 0.722. The van der Waals surface area contributed by atoms with Crippen LogP contribution < -0.4 is 15.9 Å². The lowest BCUT2D eigenvalue weighted by Gasteiger charge is -2.25. The van der Waals surface area contributed by atoms with Gasteiger partial charge in [-0.3, -0.25) is 0 Å². The van der Waals surface area contributed by atoms with Crippen LogP contribution in [0.4, 0.5) is 0 Å². The van der Waals surface area contributed by atoms with Gasteiger partial charge in [0.25, 0.3) is 0 Å². The molecule has 32 heavy (non-hydrogen) atoms. The summed E-state index contributed by atoms with van der Waals surface area (Å²) < 4.78 is 2.66. The van der Waals surface area contributed by atoms with E-state index in [1.54, 1.807) is 16.8 Å². The molecular weight excluding hydrogens is 388 g/mol. The average Bonchev–Trinajstić information content (AvgIpc) is 3.39. The summed E-state index contributed by atoms with van der Waals surface area (Å²) in [5, 5.41) is 6.73. The normalized spacial score (nSPS) is 29.2. The van der Waals surface area contributed by atoms with Crippen molar-refractivity contribution in [2.75, 3.05) is 0 Å². The van der Waals surface area contributed by atoms with E-state index >= 15 is 0 Å². The van der Waals surface area contributed by atoms with Crippen LogP contribution in [-0.4, -0.2) is 10.6 Å². The molecule has 0 aromatic carbocycles. The number of fused-ring (bicyclic) bond motifs is 5. The molecule has 0 spiro atoms. The molecule has 2 heteroatoms. The second kappa shape index (κ2) is 7.27. The van der Waals surface area contributed by atoms with E-state index in [1.165, 1.54) is 40.2 Å². The first-order chi connectivity index (χ1) is 15.9. The highest BCUT2D eigenvalue weighted by Crippen LogP contribution is 2.41. The SMILES string of the molecule is C1=CCC(n2c3c(c4c2=CCCC=4)C=C(C2=CC4=C(CC2)NC2C=CC=CC42)CC3)C=C1. The standard InChI is InChI=1S/C30H30N2/c1-2-8-22(9-3-1)32-29-13-7-5-11-24(29)26-19-21(15-17-30(26)32)20-14-16-28-25(18-20)23-10-4-6-12-27(23)31-28/h1-4,6,8,10-13,18-19,22-23,27,31H,5,7,9,14-17H2. The molecule has 3 unspecified atom stereocenters. The fraction of sp³-hybridized carbons (Fsp3) is 0.333. The summed E-state index contributed by atoms with van der Waals surface area (Å²) in [5.41, 5.74) is 9.20. The van der Waals surface area contributed by atoms with Gasteiger partial charge in [-0.15, -0.1) is 0 Å². The first-order valence-corrected chi connectivity index (χ1v) is 12.4. The number of rotatable bonds is 2. The molecule has 1 aliphatic heterocycles. The molecule has 3 atom stereocenters. The summed E-state index contributed by atoms with van der Waals surface area (Å²) in [5.74, 6) is 0.507. The number of nitrogens with one attached hydrogen (secondary N) is 1. The zero-order valence-corrected chi connectivity index (χ0v) is 18.6. The molecule has 1 aromatic rings. The molecule has 7 rings (SSSR count). The number of aromatic nitrogens is 1. The van der Waals surface area contributed by atoms with Crippen LogP contribution in [0.3, 0.4) is 0 Å². The van der Waals surface area contributed by atoms with Crippen molar-refractivity contribution in [3.63, 3.8) is 0 Å². The van der Waals surface area contributed by atoms with Crippen LogP contribution in [0.1, 0.15) is 55.8 Å². The molecule has 0 saturated carbocycles. The van der Waals surface area contributed by atoms with Gasteiger partial charge in [-0.05, 0) is 67.7 Å². The Hall–Kier alpha value is -3.00. The van der Waals surface area contributed by atoms with E-state index in [0.717, 1.165) is 32.1 Å². The summed E-state index contributed by atoms with van der Waals surface area (Å²) in [6, 6.07) is 0.917. The van der Waals surface area contributed by atoms with Gasteiger partial charge >= 0.3 is 0 Å². The first kappa shape index (κ1) is 18.6. The summed E-state index contributed by atoms with van der Waals surface area (Å²) >= 11 is 0. The molecule has 6 aliphatic rings.